The summed E-state index contributed by atoms with van der Waals surface area (Å²) in [5.74, 6) is 0. The van der Waals surface area contributed by atoms with Crippen LogP contribution in [0.4, 0.5) is 5.69 Å². The van der Waals surface area contributed by atoms with E-state index in [0.717, 1.165) is 10.9 Å². The third-order valence-corrected chi connectivity index (χ3v) is 1.56. The molecule has 0 aliphatic carbocycles. The number of allylic oxidation sites excluding steroid dienone is 1. The highest BCUT2D eigenvalue weighted by atomic mass is 16.6. The minimum Gasteiger partial charge on any atom is -0.382 e. The fraction of sp³-hybridized carbons (Fsp3) is 0.250. The molecule has 1 rings (SSSR count). The number of carbonyl (C=O) groups is 1. The number of rotatable bonds is 4. The van der Waals surface area contributed by atoms with Crippen LogP contribution in [-0.2, 0) is 4.79 Å². The molecule has 15 heavy (non-hydrogen) atoms. The van der Waals surface area contributed by atoms with Gasteiger partial charge in [0.1, 0.15) is 18.1 Å². The van der Waals surface area contributed by atoms with E-state index in [0.29, 0.717) is 6.29 Å². The Labute approximate surface area is 85.7 Å². The molecule has 7 heteroatoms. The monoisotopic (exact) mass is 210 g/mol. The predicted octanol–water partition coefficient (Wildman–Crippen LogP) is 0.350. The summed E-state index contributed by atoms with van der Waals surface area (Å²) in [6, 6.07) is 0. The Bertz CT molecular complexity index is 408. The minimum absolute atomic E-state index is 0.151. The van der Waals surface area contributed by atoms with E-state index in [2.05, 4.69) is 5.10 Å². The number of nitro groups is 1. The zero-order valence-electron chi connectivity index (χ0n) is 8.32. The molecule has 0 aliphatic rings. The average molecular weight is 210 g/mol. The normalized spacial score (nSPS) is 11.2. The van der Waals surface area contributed by atoms with Gasteiger partial charge in [0.05, 0.1) is 4.92 Å². The van der Waals surface area contributed by atoms with Crippen molar-refractivity contribution in [2.24, 2.45) is 0 Å². The Morgan fingerprint density at radius 1 is 1.67 bits per heavy atom. The number of aromatic nitrogens is 2. The second-order valence-electron chi connectivity index (χ2n) is 3.04. The lowest BCUT2D eigenvalue weighted by atomic mass is 10.5. The first kappa shape index (κ1) is 10.9. The Kier molecular flexibility index (Phi) is 3.17. The molecule has 0 fully saturated rings. The van der Waals surface area contributed by atoms with Gasteiger partial charge in [0.15, 0.2) is 6.29 Å². The van der Waals surface area contributed by atoms with Crippen LogP contribution < -0.4 is 0 Å². The smallest absolute Gasteiger partial charge is 0.307 e. The van der Waals surface area contributed by atoms with Gasteiger partial charge in [0.2, 0.25) is 0 Å². The number of hydrogen-bond acceptors (Lipinski definition) is 5. The van der Waals surface area contributed by atoms with E-state index in [4.69, 9.17) is 0 Å². The van der Waals surface area contributed by atoms with Crippen molar-refractivity contribution in [1.29, 1.82) is 0 Å². The molecule has 0 amide bonds. The second-order valence-corrected chi connectivity index (χ2v) is 3.04. The van der Waals surface area contributed by atoms with Gasteiger partial charge in [0, 0.05) is 20.3 Å². The number of carbonyl (C=O) groups excluding carboxylic acids is 1. The maximum atomic E-state index is 10.7. The molecule has 80 valence electrons. The Morgan fingerprint density at radius 3 is 2.73 bits per heavy atom. The predicted molar refractivity (Wildman–Crippen MR) is 52.9 cm³/mol. The van der Waals surface area contributed by atoms with Crippen LogP contribution in [0.5, 0.6) is 0 Å². The van der Waals surface area contributed by atoms with Crippen molar-refractivity contribution in [2.75, 3.05) is 14.1 Å². The molecule has 1 aromatic heterocycles. The van der Waals surface area contributed by atoms with Crippen molar-refractivity contribution in [3.05, 3.63) is 28.7 Å². The first-order chi connectivity index (χ1) is 7.04. The van der Waals surface area contributed by atoms with Gasteiger partial charge in [-0.1, -0.05) is 0 Å². The number of hydrogen-bond donors (Lipinski definition) is 0. The van der Waals surface area contributed by atoms with Crippen molar-refractivity contribution >= 4 is 17.7 Å². The number of aldehydes is 1. The van der Waals surface area contributed by atoms with Crippen LogP contribution in [0, 0.1) is 10.1 Å². The van der Waals surface area contributed by atoms with Gasteiger partial charge in [-0.15, -0.1) is 0 Å². The van der Waals surface area contributed by atoms with Crippen molar-refractivity contribution in [3.8, 4) is 0 Å². The first-order valence-corrected chi connectivity index (χ1v) is 4.07. The Morgan fingerprint density at radius 2 is 2.33 bits per heavy atom. The summed E-state index contributed by atoms with van der Waals surface area (Å²) in [7, 11) is 3.48. The summed E-state index contributed by atoms with van der Waals surface area (Å²) in [6.45, 7) is 0. The fourth-order valence-electron chi connectivity index (χ4n) is 0.957. The fourth-order valence-corrected chi connectivity index (χ4v) is 0.957. The van der Waals surface area contributed by atoms with Crippen molar-refractivity contribution < 1.29 is 9.72 Å². The van der Waals surface area contributed by atoms with Crippen LogP contribution in [0.15, 0.2) is 18.6 Å². The van der Waals surface area contributed by atoms with Gasteiger partial charge in [-0.2, -0.15) is 5.10 Å². The minimum atomic E-state index is -0.568. The molecule has 0 aliphatic heterocycles. The third-order valence-electron chi connectivity index (χ3n) is 1.56. The largest absolute Gasteiger partial charge is 0.382 e. The van der Waals surface area contributed by atoms with E-state index < -0.39 is 4.92 Å². The summed E-state index contributed by atoms with van der Waals surface area (Å²) in [6.07, 6.45) is 4.37. The lowest BCUT2D eigenvalue weighted by Gasteiger charge is -2.06. The van der Waals surface area contributed by atoms with Crippen molar-refractivity contribution in [3.63, 3.8) is 0 Å². The summed E-state index contributed by atoms with van der Waals surface area (Å²) < 4.78 is 1.16. The molecular weight excluding hydrogens is 200 g/mol. The van der Waals surface area contributed by atoms with E-state index in [1.807, 2.05) is 0 Å². The standard InChI is InChI=1S/C8H10N4O3/c1-10(2)4-8(6-13)11-5-7(3-9-11)12(14)15/h3-6H,1-2H3. The first-order valence-electron chi connectivity index (χ1n) is 4.07. The quantitative estimate of drug-likeness (QED) is 0.310. The zero-order chi connectivity index (χ0) is 11.4. The highest BCUT2D eigenvalue weighted by Gasteiger charge is 2.10. The molecule has 1 heterocycles. The number of nitrogens with zero attached hydrogens (tertiary/aromatic N) is 4. The molecule has 0 spiro atoms. The topological polar surface area (TPSA) is 81.3 Å². The Balaban J connectivity index is 3.03. The van der Waals surface area contributed by atoms with Gasteiger partial charge in [-0.05, 0) is 0 Å². The van der Waals surface area contributed by atoms with Crippen LogP contribution in [0.2, 0.25) is 0 Å². The van der Waals surface area contributed by atoms with E-state index in [-0.39, 0.29) is 11.4 Å². The van der Waals surface area contributed by atoms with Crippen LogP contribution in [0.1, 0.15) is 0 Å². The maximum absolute atomic E-state index is 10.7. The van der Waals surface area contributed by atoms with Gasteiger partial charge < -0.3 is 4.90 Å². The van der Waals surface area contributed by atoms with Crippen molar-refractivity contribution in [2.45, 2.75) is 0 Å². The molecule has 0 aromatic carbocycles. The zero-order valence-corrected chi connectivity index (χ0v) is 8.32. The SMILES string of the molecule is CN(C)C=C(C=O)n1cc([N+](=O)[O-])cn1. The van der Waals surface area contributed by atoms with Crippen molar-refractivity contribution in [1.82, 2.24) is 14.7 Å². The highest BCUT2D eigenvalue weighted by molar-refractivity contribution is 5.98. The molecule has 0 saturated heterocycles. The third kappa shape index (κ3) is 2.63. The molecule has 0 unspecified atom stereocenters. The van der Waals surface area contributed by atoms with E-state index in [1.54, 1.807) is 19.0 Å². The summed E-state index contributed by atoms with van der Waals surface area (Å²) in [4.78, 5) is 22.2. The van der Waals surface area contributed by atoms with Crippen LogP contribution >= 0.6 is 0 Å². The molecule has 1 aromatic rings. The van der Waals surface area contributed by atoms with Gasteiger partial charge >= 0.3 is 5.69 Å². The molecule has 0 N–H and O–H groups in total. The van der Waals surface area contributed by atoms with Gasteiger partial charge in [-0.25, -0.2) is 4.68 Å². The average Bonchev–Trinajstić information content (AvgIpc) is 2.62. The van der Waals surface area contributed by atoms with Crippen LogP contribution in [0.25, 0.3) is 5.70 Å². The summed E-state index contributed by atoms with van der Waals surface area (Å²) >= 11 is 0. The molecule has 0 saturated carbocycles. The molecule has 0 atom stereocenters. The molecular formula is C8H10N4O3. The summed E-state index contributed by atoms with van der Waals surface area (Å²) in [5.41, 5.74) is 0.0783. The maximum Gasteiger partial charge on any atom is 0.307 e. The van der Waals surface area contributed by atoms with Gasteiger partial charge in [0.25, 0.3) is 0 Å². The lowest BCUT2D eigenvalue weighted by molar-refractivity contribution is -0.384. The molecule has 0 bridgehead atoms. The van der Waals surface area contributed by atoms with Crippen LogP contribution in [0.3, 0.4) is 0 Å². The highest BCUT2D eigenvalue weighted by Crippen LogP contribution is 2.11. The lowest BCUT2D eigenvalue weighted by Crippen LogP contribution is -2.07. The summed E-state index contributed by atoms with van der Waals surface area (Å²) in [5, 5.41) is 14.1. The van der Waals surface area contributed by atoms with E-state index in [9.17, 15) is 14.9 Å². The van der Waals surface area contributed by atoms with Crippen LogP contribution in [-0.4, -0.2) is 40.0 Å². The van der Waals surface area contributed by atoms with E-state index in [1.165, 1.54) is 12.4 Å². The van der Waals surface area contributed by atoms with Gasteiger partial charge in [-0.3, -0.25) is 14.9 Å². The Hall–Kier alpha value is -2.18. The molecule has 7 nitrogen and oxygen atoms in total. The van der Waals surface area contributed by atoms with E-state index >= 15 is 0 Å². The molecule has 0 radical (unpaired) electrons. The second kappa shape index (κ2) is 4.36.